The van der Waals surface area contributed by atoms with Crippen molar-refractivity contribution in [3.8, 4) is 0 Å². The van der Waals surface area contributed by atoms with Crippen molar-refractivity contribution in [2.24, 2.45) is 5.84 Å². The molecule has 3 heterocycles. The first kappa shape index (κ1) is 14.1. The number of carbonyl (C=O) groups excluding carboxylic acids is 1. The van der Waals surface area contributed by atoms with Crippen LogP contribution in [0.3, 0.4) is 0 Å². The molecule has 10 heteroatoms. The number of pyridine rings is 2. The third kappa shape index (κ3) is 2.09. The Kier molecular flexibility index (Phi) is 2.92. The zero-order valence-electron chi connectivity index (χ0n) is 10.7. The number of hydrogen-bond acceptors (Lipinski definition) is 4. The predicted octanol–water partition coefficient (Wildman–Crippen LogP) is 0.798. The van der Waals surface area contributed by atoms with Crippen LogP contribution < -0.4 is 16.8 Å². The lowest BCUT2D eigenvalue weighted by Gasteiger charge is -2.10. The zero-order chi connectivity index (χ0) is 16.1. The second-order valence-electron chi connectivity index (χ2n) is 4.47. The minimum Gasteiger partial charge on any atom is -0.308 e. The maximum Gasteiger partial charge on any atom is 0.417 e. The summed E-state index contributed by atoms with van der Waals surface area (Å²) in [5, 5.41) is -0.211. The number of carbonyl (C=O) groups is 1. The number of fused-ring (bicyclic) bond motifs is 3. The highest BCUT2D eigenvalue weighted by molar-refractivity contribution is 5.93. The highest BCUT2D eigenvalue weighted by Gasteiger charge is 2.33. The summed E-state index contributed by atoms with van der Waals surface area (Å²) >= 11 is 0. The van der Waals surface area contributed by atoms with Gasteiger partial charge in [-0.3, -0.25) is 19.4 Å². The molecule has 1 amide bonds. The summed E-state index contributed by atoms with van der Waals surface area (Å²) in [5.41, 5.74) is -0.108. The van der Waals surface area contributed by atoms with Crippen LogP contribution in [0, 0.1) is 0 Å². The Labute approximate surface area is 119 Å². The second kappa shape index (κ2) is 4.56. The number of rotatable bonds is 1. The number of aromatic amines is 1. The van der Waals surface area contributed by atoms with Gasteiger partial charge in [0.15, 0.2) is 0 Å². The van der Waals surface area contributed by atoms with E-state index in [9.17, 15) is 22.8 Å². The highest BCUT2D eigenvalue weighted by atomic mass is 19.4. The average molecular weight is 311 g/mol. The summed E-state index contributed by atoms with van der Waals surface area (Å²) in [4.78, 5) is 29.2. The molecule has 0 aliphatic rings. The molecule has 0 fully saturated rings. The lowest BCUT2D eigenvalue weighted by atomic mass is 10.1. The Morgan fingerprint density at radius 1 is 1.36 bits per heavy atom. The first-order valence-electron chi connectivity index (χ1n) is 5.94. The van der Waals surface area contributed by atoms with Gasteiger partial charge in [0.2, 0.25) is 5.56 Å². The van der Waals surface area contributed by atoms with E-state index in [-0.39, 0.29) is 22.4 Å². The van der Waals surface area contributed by atoms with Gasteiger partial charge < -0.3 is 4.98 Å². The first-order valence-corrected chi connectivity index (χ1v) is 5.94. The maximum absolute atomic E-state index is 13.0. The number of imidazole rings is 1. The molecular formula is C12H8F3N5O2. The third-order valence-corrected chi connectivity index (χ3v) is 3.10. The van der Waals surface area contributed by atoms with Gasteiger partial charge in [0, 0.05) is 17.6 Å². The molecule has 3 aromatic heterocycles. The fraction of sp³-hybridized carbons (Fsp3) is 0.0833. The molecule has 3 rings (SSSR count). The molecule has 0 atom stereocenters. The van der Waals surface area contributed by atoms with Crippen molar-refractivity contribution in [2.75, 3.05) is 0 Å². The van der Waals surface area contributed by atoms with Crippen molar-refractivity contribution in [2.45, 2.75) is 6.18 Å². The number of nitrogens with zero attached hydrogens (tertiary/aromatic N) is 2. The molecule has 3 aromatic rings. The number of hydrazine groups is 1. The van der Waals surface area contributed by atoms with E-state index in [0.29, 0.717) is 6.07 Å². The number of halogens is 3. The number of hydrogen-bond donors (Lipinski definition) is 3. The third-order valence-electron chi connectivity index (χ3n) is 3.10. The Morgan fingerprint density at radius 2 is 2.09 bits per heavy atom. The zero-order valence-corrected chi connectivity index (χ0v) is 10.7. The van der Waals surface area contributed by atoms with Gasteiger partial charge in [-0.05, 0) is 12.1 Å². The van der Waals surface area contributed by atoms with Crippen LogP contribution in [0.2, 0.25) is 0 Å². The summed E-state index contributed by atoms with van der Waals surface area (Å²) in [5.74, 6) is 4.29. The van der Waals surface area contributed by atoms with Crippen LogP contribution >= 0.6 is 0 Å². The summed E-state index contributed by atoms with van der Waals surface area (Å²) < 4.78 is 40.3. The molecule has 22 heavy (non-hydrogen) atoms. The van der Waals surface area contributed by atoms with Crippen LogP contribution in [-0.4, -0.2) is 20.3 Å². The number of H-pyrrole nitrogens is 1. The van der Waals surface area contributed by atoms with Gasteiger partial charge >= 0.3 is 6.18 Å². The summed E-state index contributed by atoms with van der Waals surface area (Å²) in [7, 11) is 0. The van der Waals surface area contributed by atoms with E-state index in [1.165, 1.54) is 22.7 Å². The minimum atomic E-state index is -4.68. The molecule has 4 N–H and O–H groups in total. The molecule has 0 bridgehead atoms. The highest BCUT2D eigenvalue weighted by Crippen LogP contribution is 2.33. The van der Waals surface area contributed by atoms with E-state index in [2.05, 4.69) is 9.97 Å². The first-order chi connectivity index (χ1) is 10.3. The quantitative estimate of drug-likeness (QED) is 0.351. The molecule has 0 radical (unpaired) electrons. The van der Waals surface area contributed by atoms with Gasteiger partial charge in [0.05, 0.1) is 5.56 Å². The Hall–Kier alpha value is -2.88. The average Bonchev–Trinajstić information content (AvgIpc) is 2.89. The van der Waals surface area contributed by atoms with Gasteiger partial charge in [0.25, 0.3) is 5.91 Å². The number of nitrogen functional groups attached to an aromatic ring is 1. The second-order valence-corrected chi connectivity index (χ2v) is 4.47. The van der Waals surface area contributed by atoms with Crippen LogP contribution in [0.1, 0.15) is 16.1 Å². The van der Waals surface area contributed by atoms with E-state index in [0.717, 1.165) is 0 Å². The largest absolute Gasteiger partial charge is 0.417 e. The maximum atomic E-state index is 13.0. The fourth-order valence-corrected chi connectivity index (χ4v) is 2.18. The number of amides is 1. The smallest absolute Gasteiger partial charge is 0.308 e. The lowest BCUT2D eigenvalue weighted by Crippen LogP contribution is -2.30. The molecule has 0 saturated heterocycles. The molecule has 0 aliphatic heterocycles. The van der Waals surface area contributed by atoms with Gasteiger partial charge in [-0.2, -0.15) is 13.2 Å². The van der Waals surface area contributed by atoms with E-state index in [4.69, 9.17) is 5.84 Å². The van der Waals surface area contributed by atoms with Crippen LogP contribution in [0.25, 0.3) is 16.7 Å². The van der Waals surface area contributed by atoms with Crippen LogP contribution in [0.4, 0.5) is 13.2 Å². The molecule has 0 spiro atoms. The normalized spacial score (nSPS) is 12.0. The van der Waals surface area contributed by atoms with Gasteiger partial charge in [-0.15, -0.1) is 0 Å². The van der Waals surface area contributed by atoms with Crippen molar-refractivity contribution < 1.29 is 18.0 Å². The van der Waals surface area contributed by atoms with Crippen LogP contribution in [0.5, 0.6) is 0 Å². The number of alkyl halides is 3. The van der Waals surface area contributed by atoms with Crippen molar-refractivity contribution in [3.63, 3.8) is 0 Å². The topological polar surface area (TPSA) is 105 Å². The van der Waals surface area contributed by atoms with Gasteiger partial charge in [-0.1, -0.05) is 0 Å². The molecule has 0 aliphatic carbocycles. The van der Waals surface area contributed by atoms with Gasteiger partial charge in [-0.25, -0.2) is 10.8 Å². The van der Waals surface area contributed by atoms with Crippen LogP contribution in [-0.2, 0) is 6.18 Å². The van der Waals surface area contributed by atoms with E-state index in [1.54, 1.807) is 0 Å². The van der Waals surface area contributed by atoms with Crippen molar-refractivity contribution in [1.82, 2.24) is 19.8 Å². The fourth-order valence-electron chi connectivity index (χ4n) is 2.18. The Bertz CT molecular complexity index is 957. The monoisotopic (exact) mass is 311 g/mol. The van der Waals surface area contributed by atoms with E-state index < -0.39 is 23.2 Å². The minimum absolute atomic E-state index is 0.0896. The van der Waals surface area contributed by atoms with E-state index >= 15 is 0 Å². The molecule has 114 valence electrons. The Balaban J connectivity index is 2.42. The standard InChI is InChI=1S/C12H8F3N5O2/c13-12(14,15)6-3-9(21)18-10-5(6)1-2-8-17-7(4-20(8)10)11(22)19-16/h1-4H,16H2,(H,18,21)(H,19,22). The molecule has 0 aromatic carbocycles. The molecule has 0 unspecified atom stereocenters. The molecule has 7 nitrogen and oxygen atoms in total. The summed E-state index contributed by atoms with van der Waals surface area (Å²) in [6.07, 6.45) is -3.49. The van der Waals surface area contributed by atoms with Gasteiger partial charge in [0.1, 0.15) is 17.0 Å². The predicted molar refractivity (Wildman–Crippen MR) is 70.0 cm³/mol. The number of aromatic nitrogens is 3. The van der Waals surface area contributed by atoms with E-state index in [1.807, 2.05) is 5.43 Å². The van der Waals surface area contributed by atoms with Crippen LogP contribution in [0.15, 0.2) is 29.2 Å². The molecular weight excluding hydrogens is 303 g/mol. The molecule has 0 saturated carbocycles. The van der Waals surface area contributed by atoms with Crippen molar-refractivity contribution in [1.29, 1.82) is 0 Å². The lowest BCUT2D eigenvalue weighted by molar-refractivity contribution is -0.136. The number of nitrogens with two attached hydrogens (primary N) is 1. The summed E-state index contributed by atoms with van der Waals surface area (Å²) in [6.45, 7) is 0. The Morgan fingerprint density at radius 3 is 2.73 bits per heavy atom. The van der Waals surface area contributed by atoms with Crippen molar-refractivity contribution >= 4 is 22.6 Å². The number of nitrogens with one attached hydrogen (secondary N) is 2. The van der Waals surface area contributed by atoms with Crippen molar-refractivity contribution in [3.05, 3.63) is 46.0 Å². The summed E-state index contributed by atoms with van der Waals surface area (Å²) in [6, 6.07) is 2.97. The SMILES string of the molecule is NNC(=O)c1cn2c(ccc3c(C(F)(F)F)cc(=O)[nH]c32)n1.